The van der Waals surface area contributed by atoms with Gasteiger partial charge in [-0.2, -0.15) is 0 Å². The molecule has 0 aliphatic rings. The fraction of sp³-hybridized carbons (Fsp3) is 0.333. The Kier molecular flexibility index (Phi) is 6.75. The average molecular weight is 338 g/mol. The van der Waals surface area contributed by atoms with Crippen LogP contribution in [0.3, 0.4) is 0 Å². The van der Waals surface area contributed by atoms with Crippen molar-refractivity contribution in [3.8, 4) is 5.75 Å². The highest BCUT2D eigenvalue weighted by Gasteiger charge is 2.26. The number of hydrogen-bond acceptors (Lipinski definition) is 3. The van der Waals surface area contributed by atoms with Crippen LogP contribution in [0.25, 0.3) is 0 Å². The van der Waals surface area contributed by atoms with Crippen LogP contribution in [-0.4, -0.2) is 29.4 Å². The van der Waals surface area contributed by atoms with E-state index in [2.05, 4.69) is 4.98 Å². The van der Waals surface area contributed by atoms with Gasteiger partial charge in [0.15, 0.2) is 0 Å². The van der Waals surface area contributed by atoms with Crippen LogP contribution in [0, 0.1) is 0 Å². The minimum atomic E-state index is -0.183. The average Bonchev–Trinajstić information content (AvgIpc) is 2.66. The van der Waals surface area contributed by atoms with Crippen molar-refractivity contribution in [1.82, 2.24) is 9.88 Å². The molecule has 0 radical (unpaired) electrons. The lowest BCUT2D eigenvalue weighted by Gasteiger charge is -2.32. The van der Waals surface area contributed by atoms with Gasteiger partial charge in [0.05, 0.1) is 13.2 Å². The van der Waals surface area contributed by atoms with Gasteiger partial charge in [-0.25, -0.2) is 0 Å². The van der Waals surface area contributed by atoms with Crippen molar-refractivity contribution >= 4 is 5.91 Å². The maximum atomic E-state index is 13.0. The number of carbonyl (C=O) groups excluding carboxylic acids is 1. The minimum absolute atomic E-state index is 0.0500. The molecule has 4 heteroatoms. The summed E-state index contributed by atoms with van der Waals surface area (Å²) in [6.45, 7) is 6.53. The molecule has 1 heterocycles. The highest BCUT2D eigenvalue weighted by atomic mass is 16.5. The first kappa shape index (κ1) is 18.7. The topological polar surface area (TPSA) is 42.4 Å². The Labute approximate surface area is 150 Å². The molecule has 0 aliphatic heterocycles. The maximum Gasteiger partial charge on any atom is 0.249 e. The van der Waals surface area contributed by atoms with E-state index in [0.29, 0.717) is 6.54 Å². The summed E-state index contributed by atoms with van der Waals surface area (Å²) >= 11 is 0. The first-order valence-electron chi connectivity index (χ1n) is 8.63. The molecule has 0 fully saturated rings. The summed E-state index contributed by atoms with van der Waals surface area (Å²) in [7, 11) is 1.65. The molecule has 0 saturated heterocycles. The molecule has 2 aromatic rings. The first-order chi connectivity index (χ1) is 12.1. The molecule has 132 valence electrons. The van der Waals surface area contributed by atoms with Crippen LogP contribution in [-0.2, 0) is 4.79 Å². The Balaban J connectivity index is 2.49. The molecule has 1 amide bonds. The van der Waals surface area contributed by atoms with Gasteiger partial charge in [0.25, 0.3) is 0 Å². The van der Waals surface area contributed by atoms with Gasteiger partial charge in [0.2, 0.25) is 5.91 Å². The predicted octanol–water partition coefficient (Wildman–Crippen LogP) is 4.38. The summed E-state index contributed by atoms with van der Waals surface area (Å²) in [5, 5.41) is 0. The van der Waals surface area contributed by atoms with Gasteiger partial charge < -0.3 is 9.64 Å². The Morgan fingerprint density at radius 1 is 1.20 bits per heavy atom. The Morgan fingerprint density at radius 2 is 1.92 bits per heavy atom. The molecule has 0 aliphatic carbocycles. The van der Waals surface area contributed by atoms with E-state index in [0.717, 1.165) is 28.9 Å². The molecule has 4 nitrogen and oxygen atoms in total. The molecular formula is C21H26N2O2. The Bertz CT molecular complexity index is 708. The van der Waals surface area contributed by atoms with Crippen LogP contribution in [0.5, 0.6) is 5.75 Å². The highest BCUT2D eigenvalue weighted by molar-refractivity contribution is 5.93. The lowest BCUT2D eigenvalue weighted by atomic mass is 9.97. The van der Waals surface area contributed by atoms with Crippen molar-refractivity contribution in [3.63, 3.8) is 0 Å². The van der Waals surface area contributed by atoms with Crippen molar-refractivity contribution < 1.29 is 9.53 Å². The molecule has 1 aromatic heterocycles. The first-order valence-corrected chi connectivity index (χ1v) is 8.63. The van der Waals surface area contributed by atoms with Crippen LogP contribution in [0.2, 0.25) is 0 Å². The number of benzene rings is 1. The van der Waals surface area contributed by atoms with Crippen LogP contribution in [0.1, 0.15) is 44.4 Å². The number of methoxy groups -OCH3 is 1. The van der Waals surface area contributed by atoms with E-state index in [1.807, 2.05) is 74.3 Å². The van der Waals surface area contributed by atoms with Crippen LogP contribution >= 0.6 is 0 Å². The third-order valence-corrected chi connectivity index (χ3v) is 4.19. The number of amides is 1. The van der Waals surface area contributed by atoms with Gasteiger partial charge in [-0.15, -0.1) is 0 Å². The summed E-state index contributed by atoms with van der Waals surface area (Å²) in [5.74, 6) is 0.846. The SMILES string of the molecule is CCC=C(C)C(=O)N(CC)C(c1ccc(OC)cc1)c1cccnc1. The highest BCUT2D eigenvalue weighted by Crippen LogP contribution is 2.30. The fourth-order valence-corrected chi connectivity index (χ4v) is 2.94. The number of carbonyl (C=O) groups is 1. The molecule has 0 bridgehead atoms. The zero-order chi connectivity index (χ0) is 18.2. The summed E-state index contributed by atoms with van der Waals surface area (Å²) in [6.07, 6.45) is 6.38. The normalized spacial score (nSPS) is 12.6. The molecule has 0 saturated carbocycles. The predicted molar refractivity (Wildman–Crippen MR) is 101 cm³/mol. The second kappa shape index (κ2) is 9.02. The van der Waals surface area contributed by atoms with Crippen molar-refractivity contribution in [2.24, 2.45) is 0 Å². The molecule has 1 unspecified atom stereocenters. The van der Waals surface area contributed by atoms with E-state index >= 15 is 0 Å². The standard InChI is InChI=1S/C21H26N2O2/c1-5-8-16(3)21(24)23(6-2)20(18-9-7-14-22-15-18)17-10-12-19(25-4)13-11-17/h7-15,20H,5-6H2,1-4H3. The van der Waals surface area contributed by atoms with E-state index in [1.165, 1.54) is 0 Å². The zero-order valence-corrected chi connectivity index (χ0v) is 15.4. The van der Waals surface area contributed by atoms with Gasteiger partial charge >= 0.3 is 0 Å². The van der Waals surface area contributed by atoms with E-state index in [9.17, 15) is 4.79 Å². The minimum Gasteiger partial charge on any atom is -0.497 e. The largest absolute Gasteiger partial charge is 0.497 e. The Morgan fingerprint density at radius 3 is 2.44 bits per heavy atom. The van der Waals surface area contributed by atoms with Gasteiger partial charge in [0.1, 0.15) is 5.75 Å². The number of aromatic nitrogens is 1. The van der Waals surface area contributed by atoms with Crippen LogP contribution in [0.4, 0.5) is 0 Å². The number of ether oxygens (including phenoxy) is 1. The summed E-state index contributed by atoms with van der Waals surface area (Å²) in [4.78, 5) is 19.1. The fourth-order valence-electron chi connectivity index (χ4n) is 2.94. The number of hydrogen-bond donors (Lipinski definition) is 0. The number of pyridine rings is 1. The third-order valence-electron chi connectivity index (χ3n) is 4.19. The van der Waals surface area contributed by atoms with Crippen molar-refractivity contribution in [2.75, 3.05) is 13.7 Å². The molecule has 2 rings (SSSR count). The third kappa shape index (κ3) is 4.47. The number of rotatable bonds is 7. The molecular weight excluding hydrogens is 312 g/mol. The molecule has 1 aromatic carbocycles. The smallest absolute Gasteiger partial charge is 0.249 e. The molecule has 1 atom stereocenters. The van der Waals surface area contributed by atoms with E-state index in [-0.39, 0.29) is 11.9 Å². The summed E-state index contributed by atoms with van der Waals surface area (Å²) < 4.78 is 5.26. The summed E-state index contributed by atoms with van der Waals surface area (Å²) in [5.41, 5.74) is 2.80. The van der Waals surface area contributed by atoms with Crippen molar-refractivity contribution in [1.29, 1.82) is 0 Å². The molecule has 0 spiro atoms. The number of allylic oxidation sites excluding steroid dienone is 1. The van der Waals surface area contributed by atoms with Crippen molar-refractivity contribution in [3.05, 3.63) is 71.6 Å². The van der Waals surface area contributed by atoms with Gasteiger partial charge in [-0.3, -0.25) is 9.78 Å². The lowest BCUT2D eigenvalue weighted by molar-refractivity contribution is -0.128. The second-order valence-electron chi connectivity index (χ2n) is 5.85. The van der Waals surface area contributed by atoms with Gasteiger partial charge in [0, 0.05) is 24.5 Å². The van der Waals surface area contributed by atoms with Gasteiger partial charge in [-0.05, 0) is 49.6 Å². The zero-order valence-electron chi connectivity index (χ0n) is 15.4. The molecule has 0 N–H and O–H groups in total. The monoisotopic (exact) mass is 338 g/mol. The van der Waals surface area contributed by atoms with E-state index < -0.39 is 0 Å². The second-order valence-corrected chi connectivity index (χ2v) is 5.85. The summed E-state index contributed by atoms with van der Waals surface area (Å²) in [6, 6.07) is 11.6. The van der Waals surface area contributed by atoms with E-state index in [4.69, 9.17) is 4.74 Å². The van der Waals surface area contributed by atoms with E-state index in [1.54, 1.807) is 13.3 Å². The maximum absolute atomic E-state index is 13.0. The Hall–Kier alpha value is -2.62. The van der Waals surface area contributed by atoms with Crippen molar-refractivity contribution in [2.45, 2.75) is 33.2 Å². The molecule has 25 heavy (non-hydrogen) atoms. The number of likely N-dealkylation sites (N-methyl/N-ethyl adjacent to an activating group) is 1. The van der Waals surface area contributed by atoms with Crippen LogP contribution < -0.4 is 4.74 Å². The lowest BCUT2D eigenvalue weighted by Crippen LogP contribution is -2.36. The number of nitrogens with zero attached hydrogens (tertiary/aromatic N) is 2. The van der Waals surface area contributed by atoms with Crippen LogP contribution in [0.15, 0.2) is 60.4 Å². The quantitative estimate of drug-likeness (QED) is 0.703. The van der Waals surface area contributed by atoms with Gasteiger partial charge in [-0.1, -0.05) is 31.2 Å².